The average Bonchev–Trinajstić information content (AvgIpc) is 3.19. The summed E-state index contributed by atoms with van der Waals surface area (Å²) < 4.78 is 0. The fourth-order valence-electron chi connectivity index (χ4n) is 2.22. The van der Waals surface area contributed by atoms with Gasteiger partial charge in [-0.25, -0.2) is 0 Å². The summed E-state index contributed by atoms with van der Waals surface area (Å²) in [5.74, 6) is 0.993. The predicted molar refractivity (Wildman–Crippen MR) is 80.0 cm³/mol. The lowest BCUT2D eigenvalue weighted by Crippen LogP contribution is -2.35. The first kappa shape index (κ1) is 16.4. The number of nitrogens with two attached hydrogens (primary N) is 1. The molecule has 0 radical (unpaired) electrons. The van der Waals surface area contributed by atoms with Crippen molar-refractivity contribution in [1.82, 2.24) is 9.80 Å². The highest BCUT2D eigenvalue weighted by Crippen LogP contribution is 2.27. The monoisotopic (exact) mass is 269 g/mol. The maximum atomic E-state index is 12.0. The van der Waals surface area contributed by atoms with E-state index in [1.165, 1.54) is 19.3 Å². The minimum absolute atomic E-state index is 0.253. The molecule has 0 spiro atoms. The second-order valence-electron chi connectivity index (χ2n) is 6.16. The Kier molecular flexibility index (Phi) is 7.39. The highest BCUT2D eigenvalue weighted by atomic mass is 16.2. The second kappa shape index (κ2) is 8.54. The molecule has 0 heterocycles. The molecule has 1 aliphatic rings. The van der Waals surface area contributed by atoms with Crippen LogP contribution in [0, 0.1) is 5.92 Å². The van der Waals surface area contributed by atoms with Crippen LogP contribution < -0.4 is 5.73 Å². The summed E-state index contributed by atoms with van der Waals surface area (Å²) >= 11 is 0. The minimum atomic E-state index is 0.253. The molecule has 1 fully saturated rings. The third kappa shape index (κ3) is 6.92. The lowest BCUT2D eigenvalue weighted by Gasteiger charge is -2.24. The summed E-state index contributed by atoms with van der Waals surface area (Å²) in [5, 5.41) is 0. The van der Waals surface area contributed by atoms with E-state index in [0.717, 1.165) is 38.0 Å². The number of carbonyl (C=O) groups excluding carboxylic acids is 1. The molecule has 1 rings (SSSR count). The van der Waals surface area contributed by atoms with Crippen LogP contribution in [0.25, 0.3) is 0 Å². The molecule has 0 unspecified atom stereocenters. The Morgan fingerprint density at radius 2 is 1.95 bits per heavy atom. The zero-order chi connectivity index (χ0) is 14.3. The van der Waals surface area contributed by atoms with Gasteiger partial charge in [0.1, 0.15) is 0 Å². The third-order valence-corrected chi connectivity index (χ3v) is 3.79. The molecule has 0 aromatic rings. The number of hydrogen-bond acceptors (Lipinski definition) is 3. The maximum Gasteiger partial charge on any atom is 0.223 e. The number of carbonyl (C=O) groups is 1. The lowest BCUT2D eigenvalue weighted by atomic mass is 10.1. The van der Waals surface area contributed by atoms with Crippen molar-refractivity contribution in [1.29, 1.82) is 0 Å². The highest BCUT2D eigenvalue weighted by molar-refractivity contribution is 5.76. The SMILES string of the molecule is CC(C)CCN(CCC(=O)N(C)CCCN)C1CC1. The Balaban J connectivity index is 2.24. The van der Waals surface area contributed by atoms with Crippen LogP contribution in [0.3, 0.4) is 0 Å². The van der Waals surface area contributed by atoms with E-state index in [0.29, 0.717) is 13.0 Å². The molecule has 4 heteroatoms. The maximum absolute atomic E-state index is 12.0. The van der Waals surface area contributed by atoms with Crippen LogP contribution in [-0.2, 0) is 4.79 Å². The second-order valence-corrected chi connectivity index (χ2v) is 6.16. The van der Waals surface area contributed by atoms with E-state index in [2.05, 4.69) is 18.7 Å². The Morgan fingerprint density at radius 1 is 1.26 bits per heavy atom. The highest BCUT2D eigenvalue weighted by Gasteiger charge is 2.28. The van der Waals surface area contributed by atoms with Crippen molar-refractivity contribution in [2.75, 3.05) is 33.2 Å². The molecule has 1 aliphatic carbocycles. The van der Waals surface area contributed by atoms with E-state index in [1.54, 1.807) is 0 Å². The standard InChI is InChI=1S/C15H31N3O/c1-13(2)7-11-18(14-5-6-14)12-8-15(19)17(3)10-4-9-16/h13-14H,4-12,16H2,1-3H3. The number of nitrogens with zero attached hydrogens (tertiary/aromatic N) is 2. The molecule has 19 heavy (non-hydrogen) atoms. The van der Waals surface area contributed by atoms with Gasteiger partial charge in [-0.15, -0.1) is 0 Å². The summed E-state index contributed by atoms with van der Waals surface area (Å²) in [4.78, 5) is 16.3. The Morgan fingerprint density at radius 3 is 2.47 bits per heavy atom. The minimum Gasteiger partial charge on any atom is -0.346 e. The molecular weight excluding hydrogens is 238 g/mol. The number of amides is 1. The summed E-state index contributed by atoms with van der Waals surface area (Å²) in [6, 6.07) is 0.751. The summed E-state index contributed by atoms with van der Waals surface area (Å²) in [7, 11) is 1.88. The fraction of sp³-hybridized carbons (Fsp3) is 0.933. The van der Waals surface area contributed by atoms with Crippen LogP contribution in [0.2, 0.25) is 0 Å². The molecule has 2 N–H and O–H groups in total. The van der Waals surface area contributed by atoms with Crippen molar-refractivity contribution < 1.29 is 4.79 Å². The van der Waals surface area contributed by atoms with Gasteiger partial charge in [0.25, 0.3) is 0 Å². The molecule has 1 saturated carbocycles. The quantitative estimate of drug-likeness (QED) is 0.656. The van der Waals surface area contributed by atoms with E-state index in [-0.39, 0.29) is 5.91 Å². The van der Waals surface area contributed by atoms with Crippen LogP contribution in [0.1, 0.15) is 46.0 Å². The topological polar surface area (TPSA) is 49.6 Å². The van der Waals surface area contributed by atoms with Crippen molar-refractivity contribution in [3.63, 3.8) is 0 Å². The Labute approximate surface area is 118 Å². The van der Waals surface area contributed by atoms with Gasteiger partial charge in [0.05, 0.1) is 0 Å². The number of rotatable bonds is 10. The van der Waals surface area contributed by atoms with Gasteiger partial charge in [-0.1, -0.05) is 13.8 Å². The van der Waals surface area contributed by atoms with E-state index in [9.17, 15) is 4.79 Å². The molecule has 0 aromatic carbocycles. The van der Waals surface area contributed by atoms with Gasteiger partial charge in [-0.3, -0.25) is 9.69 Å². The largest absolute Gasteiger partial charge is 0.346 e. The molecule has 0 aromatic heterocycles. The van der Waals surface area contributed by atoms with Crippen LogP contribution in [0.5, 0.6) is 0 Å². The van der Waals surface area contributed by atoms with E-state index in [4.69, 9.17) is 5.73 Å². The van der Waals surface area contributed by atoms with Crippen molar-refractivity contribution in [2.45, 2.75) is 52.0 Å². The fourth-order valence-corrected chi connectivity index (χ4v) is 2.22. The molecule has 0 bridgehead atoms. The van der Waals surface area contributed by atoms with Gasteiger partial charge in [0.15, 0.2) is 0 Å². The van der Waals surface area contributed by atoms with Crippen LogP contribution in [0.4, 0.5) is 0 Å². The first-order chi connectivity index (χ1) is 9.04. The molecule has 0 saturated heterocycles. The molecule has 0 atom stereocenters. The molecule has 1 amide bonds. The first-order valence-electron chi connectivity index (χ1n) is 7.72. The zero-order valence-corrected chi connectivity index (χ0v) is 12.9. The van der Waals surface area contributed by atoms with Gasteiger partial charge in [-0.2, -0.15) is 0 Å². The lowest BCUT2D eigenvalue weighted by molar-refractivity contribution is -0.130. The van der Waals surface area contributed by atoms with E-state index < -0.39 is 0 Å². The van der Waals surface area contributed by atoms with Crippen molar-refractivity contribution in [3.8, 4) is 0 Å². The Hall–Kier alpha value is -0.610. The van der Waals surface area contributed by atoms with Gasteiger partial charge < -0.3 is 10.6 Å². The normalized spacial score (nSPS) is 15.3. The smallest absolute Gasteiger partial charge is 0.223 e. The molecular formula is C15H31N3O. The first-order valence-corrected chi connectivity index (χ1v) is 7.72. The molecule has 0 aliphatic heterocycles. The van der Waals surface area contributed by atoms with Gasteiger partial charge >= 0.3 is 0 Å². The van der Waals surface area contributed by atoms with Gasteiger partial charge in [0, 0.05) is 32.6 Å². The van der Waals surface area contributed by atoms with Crippen molar-refractivity contribution >= 4 is 5.91 Å². The van der Waals surface area contributed by atoms with Gasteiger partial charge in [0.2, 0.25) is 5.91 Å². The van der Waals surface area contributed by atoms with Crippen molar-refractivity contribution in [2.24, 2.45) is 11.7 Å². The summed E-state index contributed by atoms with van der Waals surface area (Å²) in [6.45, 7) is 8.02. The van der Waals surface area contributed by atoms with Crippen LogP contribution in [-0.4, -0.2) is 55.0 Å². The van der Waals surface area contributed by atoms with E-state index in [1.807, 2.05) is 11.9 Å². The predicted octanol–water partition coefficient (Wildman–Crippen LogP) is 1.69. The van der Waals surface area contributed by atoms with Crippen molar-refractivity contribution in [3.05, 3.63) is 0 Å². The molecule has 4 nitrogen and oxygen atoms in total. The third-order valence-electron chi connectivity index (χ3n) is 3.79. The summed E-state index contributed by atoms with van der Waals surface area (Å²) in [5.41, 5.74) is 5.47. The zero-order valence-electron chi connectivity index (χ0n) is 12.9. The van der Waals surface area contributed by atoms with Gasteiger partial charge in [-0.05, 0) is 44.7 Å². The van der Waals surface area contributed by atoms with E-state index >= 15 is 0 Å². The Bertz CT molecular complexity index is 264. The molecule has 112 valence electrons. The average molecular weight is 269 g/mol. The van der Waals surface area contributed by atoms with Crippen LogP contribution in [0.15, 0.2) is 0 Å². The summed E-state index contributed by atoms with van der Waals surface area (Å²) in [6.07, 6.45) is 5.40. The number of hydrogen-bond donors (Lipinski definition) is 1. The van der Waals surface area contributed by atoms with Crippen LogP contribution >= 0.6 is 0 Å².